The van der Waals surface area contributed by atoms with Crippen molar-refractivity contribution in [2.75, 3.05) is 11.1 Å². The molecule has 0 spiro atoms. The summed E-state index contributed by atoms with van der Waals surface area (Å²) < 4.78 is 26.5. The van der Waals surface area contributed by atoms with Crippen LogP contribution in [0, 0.1) is 18.6 Å². The first-order chi connectivity index (χ1) is 9.45. The van der Waals surface area contributed by atoms with Crippen LogP contribution >= 0.6 is 0 Å². The predicted molar refractivity (Wildman–Crippen MR) is 74.3 cm³/mol. The third kappa shape index (κ3) is 3.32. The molecule has 0 unspecified atom stereocenters. The van der Waals surface area contributed by atoms with E-state index in [2.05, 4.69) is 5.32 Å². The fraction of sp³-hybridized carbons (Fsp3) is 0.133. The van der Waals surface area contributed by atoms with E-state index in [-0.39, 0.29) is 17.8 Å². The average molecular weight is 276 g/mol. The SMILES string of the molecule is Cc1ccc(CC(=O)Nc2cc(N)c(F)cc2F)cc1. The second-order valence-electron chi connectivity index (χ2n) is 4.56. The quantitative estimate of drug-likeness (QED) is 0.847. The van der Waals surface area contributed by atoms with Crippen molar-refractivity contribution in [1.82, 2.24) is 0 Å². The van der Waals surface area contributed by atoms with E-state index in [4.69, 9.17) is 5.73 Å². The zero-order chi connectivity index (χ0) is 14.7. The van der Waals surface area contributed by atoms with Crippen molar-refractivity contribution in [2.24, 2.45) is 0 Å². The molecule has 0 saturated carbocycles. The number of nitrogen functional groups attached to an aromatic ring is 1. The summed E-state index contributed by atoms with van der Waals surface area (Å²) in [5, 5.41) is 2.38. The summed E-state index contributed by atoms with van der Waals surface area (Å²) in [6, 6.07) is 9.14. The van der Waals surface area contributed by atoms with Crippen molar-refractivity contribution in [3.8, 4) is 0 Å². The highest BCUT2D eigenvalue weighted by Gasteiger charge is 2.11. The van der Waals surface area contributed by atoms with Gasteiger partial charge in [0.15, 0.2) is 0 Å². The molecule has 5 heteroatoms. The van der Waals surface area contributed by atoms with E-state index in [0.29, 0.717) is 6.07 Å². The van der Waals surface area contributed by atoms with Gasteiger partial charge in [0.25, 0.3) is 0 Å². The maximum absolute atomic E-state index is 13.5. The Bertz CT molecular complexity index is 639. The van der Waals surface area contributed by atoms with Crippen molar-refractivity contribution in [3.63, 3.8) is 0 Å². The van der Waals surface area contributed by atoms with Gasteiger partial charge in [-0.25, -0.2) is 8.78 Å². The van der Waals surface area contributed by atoms with Crippen molar-refractivity contribution < 1.29 is 13.6 Å². The lowest BCUT2D eigenvalue weighted by molar-refractivity contribution is -0.115. The summed E-state index contributed by atoms with van der Waals surface area (Å²) in [7, 11) is 0. The number of halogens is 2. The van der Waals surface area contributed by atoms with Gasteiger partial charge in [0, 0.05) is 6.07 Å². The number of benzene rings is 2. The maximum atomic E-state index is 13.5. The molecule has 0 radical (unpaired) electrons. The first kappa shape index (κ1) is 14.0. The standard InChI is InChI=1S/C15H14F2N2O/c1-9-2-4-10(5-3-9)6-15(20)19-14-8-13(18)11(16)7-12(14)17/h2-5,7-8H,6,18H2,1H3,(H,19,20). The molecule has 0 bridgehead atoms. The molecule has 0 fully saturated rings. The minimum Gasteiger partial charge on any atom is -0.396 e. The Labute approximate surface area is 115 Å². The minimum absolute atomic E-state index is 0.108. The van der Waals surface area contributed by atoms with Crippen molar-refractivity contribution in [2.45, 2.75) is 13.3 Å². The molecule has 20 heavy (non-hydrogen) atoms. The Morgan fingerprint density at radius 3 is 2.45 bits per heavy atom. The molecule has 0 aliphatic heterocycles. The van der Waals surface area contributed by atoms with Gasteiger partial charge in [-0.2, -0.15) is 0 Å². The fourth-order valence-electron chi connectivity index (χ4n) is 1.75. The highest BCUT2D eigenvalue weighted by atomic mass is 19.1. The number of nitrogens with one attached hydrogen (secondary N) is 1. The Hall–Kier alpha value is -2.43. The number of carbonyl (C=O) groups is 1. The number of anilines is 2. The number of amides is 1. The molecule has 0 aliphatic rings. The lowest BCUT2D eigenvalue weighted by atomic mass is 10.1. The van der Waals surface area contributed by atoms with Crippen LogP contribution in [0.25, 0.3) is 0 Å². The van der Waals surface area contributed by atoms with Gasteiger partial charge < -0.3 is 11.1 Å². The fourth-order valence-corrected chi connectivity index (χ4v) is 1.75. The number of aryl methyl sites for hydroxylation is 1. The third-order valence-corrected chi connectivity index (χ3v) is 2.85. The van der Waals surface area contributed by atoms with Crippen LogP contribution in [0.4, 0.5) is 20.2 Å². The zero-order valence-electron chi connectivity index (χ0n) is 10.9. The van der Waals surface area contributed by atoms with E-state index in [1.165, 1.54) is 0 Å². The molecule has 2 rings (SSSR count). The van der Waals surface area contributed by atoms with Crippen molar-refractivity contribution in [3.05, 3.63) is 59.2 Å². The lowest BCUT2D eigenvalue weighted by Gasteiger charge is -2.08. The minimum atomic E-state index is -0.853. The average Bonchev–Trinajstić information content (AvgIpc) is 2.39. The summed E-state index contributed by atoms with van der Waals surface area (Å²) in [6.45, 7) is 1.94. The number of rotatable bonds is 3. The predicted octanol–water partition coefficient (Wildman–Crippen LogP) is 3.04. The Balaban J connectivity index is 2.08. The van der Waals surface area contributed by atoms with Gasteiger partial charge in [0.1, 0.15) is 11.6 Å². The molecule has 2 aromatic rings. The van der Waals surface area contributed by atoms with Gasteiger partial charge in [-0.3, -0.25) is 4.79 Å². The van der Waals surface area contributed by atoms with Crippen molar-refractivity contribution >= 4 is 17.3 Å². The molecule has 0 heterocycles. The summed E-state index contributed by atoms with van der Waals surface area (Å²) >= 11 is 0. The van der Waals surface area contributed by atoms with Crippen molar-refractivity contribution in [1.29, 1.82) is 0 Å². The molecule has 104 valence electrons. The Kier molecular flexibility index (Phi) is 3.98. The number of hydrogen-bond acceptors (Lipinski definition) is 2. The first-order valence-corrected chi connectivity index (χ1v) is 6.05. The van der Waals surface area contributed by atoms with Gasteiger partial charge in [0.05, 0.1) is 17.8 Å². The van der Waals surface area contributed by atoms with Crippen LogP contribution in [0.5, 0.6) is 0 Å². The van der Waals surface area contributed by atoms with Gasteiger partial charge >= 0.3 is 0 Å². The maximum Gasteiger partial charge on any atom is 0.228 e. The van der Waals surface area contributed by atoms with E-state index in [9.17, 15) is 13.6 Å². The highest BCUT2D eigenvalue weighted by molar-refractivity contribution is 5.92. The van der Waals surface area contributed by atoms with E-state index >= 15 is 0 Å². The second-order valence-corrected chi connectivity index (χ2v) is 4.56. The van der Waals surface area contributed by atoms with Crippen LogP contribution in [-0.4, -0.2) is 5.91 Å². The first-order valence-electron chi connectivity index (χ1n) is 6.05. The Morgan fingerprint density at radius 2 is 1.80 bits per heavy atom. The largest absolute Gasteiger partial charge is 0.396 e. The molecule has 1 amide bonds. The normalized spacial score (nSPS) is 10.3. The van der Waals surface area contributed by atoms with E-state index < -0.39 is 17.5 Å². The third-order valence-electron chi connectivity index (χ3n) is 2.85. The van der Waals surface area contributed by atoms with E-state index in [0.717, 1.165) is 17.2 Å². The van der Waals surface area contributed by atoms with Gasteiger partial charge in [-0.1, -0.05) is 29.8 Å². The van der Waals surface area contributed by atoms with Gasteiger partial charge in [-0.15, -0.1) is 0 Å². The van der Waals surface area contributed by atoms with Crippen LogP contribution in [0.15, 0.2) is 36.4 Å². The lowest BCUT2D eigenvalue weighted by Crippen LogP contribution is -2.15. The van der Waals surface area contributed by atoms with Crippen LogP contribution in [-0.2, 0) is 11.2 Å². The number of nitrogens with two attached hydrogens (primary N) is 1. The second kappa shape index (κ2) is 5.69. The Morgan fingerprint density at radius 1 is 1.15 bits per heavy atom. The molecule has 3 N–H and O–H groups in total. The summed E-state index contributed by atoms with van der Waals surface area (Å²) in [6.07, 6.45) is 0.108. The highest BCUT2D eigenvalue weighted by Crippen LogP contribution is 2.21. The molecular weight excluding hydrogens is 262 g/mol. The van der Waals surface area contributed by atoms with Crippen LogP contribution < -0.4 is 11.1 Å². The summed E-state index contributed by atoms with van der Waals surface area (Å²) in [4.78, 5) is 11.8. The van der Waals surface area contributed by atoms with Gasteiger partial charge in [-0.05, 0) is 18.6 Å². The monoisotopic (exact) mass is 276 g/mol. The van der Waals surface area contributed by atoms with Gasteiger partial charge in [0.2, 0.25) is 5.91 Å². The number of carbonyl (C=O) groups excluding carboxylic acids is 1. The molecule has 0 aliphatic carbocycles. The van der Waals surface area contributed by atoms with E-state index in [1.807, 2.05) is 31.2 Å². The smallest absolute Gasteiger partial charge is 0.228 e. The molecule has 0 aromatic heterocycles. The topological polar surface area (TPSA) is 55.1 Å². The molecule has 0 saturated heterocycles. The molecule has 2 aromatic carbocycles. The van der Waals surface area contributed by atoms with Crippen LogP contribution in [0.3, 0.4) is 0 Å². The number of hydrogen-bond donors (Lipinski definition) is 2. The molecular formula is C15H14F2N2O. The van der Waals surface area contributed by atoms with Crippen LogP contribution in [0.2, 0.25) is 0 Å². The summed E-state index contributed by atoms with van der Waals surface area (Å²) in [5.74, 6) is -2.09. The summed E-state index contributed by atoms with van der Waals surface area (Å²) in [5.41, 5.74) is 6.90. The van der Waals surface area contributed by atoms with Crippen LogP contribution in [0.1, 0.15) is 11.1 Å². The molecule has 0 atom stereocenters. The van der Waals surface area contributed by atoms with E-state index in [1.54, 1.807) is 0 Å². The zero-order valence-corrected chi connectivity index (χ0v) is 10.9. The molecule has 3 nitrogen and oxygen atoms in total.